The Morgan fingerprint density at radius 2 is 1.78 bits per heavy atom. The van der Waals surface area contributed by atoms with Crippen LogP contribution >= 0.6 is 0 Å². The van der Waals surface area contributed by atoms with Gasteiger partial charge in [0.05, 0.1) is 20.6 Å². The molecule has 7 nitrogen and oxygen atoms in total. The fourth-order valence-corrected chi connectivity index (χ4v) is 2.42. The van der Waals surface area contributed by atoms with Crippen molar-refractivity contribution in [3.8, 4) is 17.2 Å². The van der Waals surface area contributed by atoms with E-state index in [1.165, 1.54) is 0 Å². The summed E-state index contributed by atoms with van der Waals surface area (Å²) in [5.74, 6) is 1.52. The first-order valence-electron chi connectivity index (χ1n) is 8.45. The van der Waals surface area contributed by atoms with Gasteiger partial charge in [-0.15, -0.1) is 0 Å². The highest BCUT2D eigenvalue weighted by Gasteiger charge is 2.10. The van der Waals surface area contributed by atoms with Crippen molar-refractivity contribution in [3.63, 3.8) is 0 Å². The molecule has 0 saturated carbocycles. The van der Waals surface area contributed by atoms with Crippen molar-refractivity contribution in [2.24, 2.45) is 0 Å². The predicted octanol–water partition coefficient (Wildman–Crippen LogP) is 1.69. The average molecular weight is 372 g/mol. The Morgan fingerprint density at radius 1 is 0.963 bits per heavy atom. The Kier molecular flexibility index (Phi) is 7.49. The largest absolute Gasteiger partial charge is 0.497 e. The molecular formula is C20H24N2O5. The van der Waals surface area contributed by atoms with Crippen molar-refractivity contribution in [1.29, 1.82) is 0 Å². The number of benzene rings is 2. The maximum absolute atomic E-state index is 12.3. The summed E-state index contributed by atoms with van der Waals surface area (Å²) >= 11 is 0. The SMILES string of the molecule is CNC(=O)COc1cccc(CNC(=O)Cc2cc(OC)ccc2OC)c1. The minimum Gasteiger partial charge on any atom is -0.497 e. The Morgan fingerprint density at radius 3 is 2.48 bits per heavy atom. The van der Waals surface area contributed by atoms with Crippen LogP contribution in [0.1, 0.15) is 11.1 Å². The minimum atomic E-state index is -0.207. The van der Waals surface area contributed by atoms with E-state index in [4.69, 9.17) is 14.2 Å². The fourth-order valence-electron chi connectivity index (χ4n) is 2.42. The zero-order chi connectivity index (χ0) is 19.6. The van der Waals surface area contributed by atoms with Crippen molar-refractivity contribution in [3.05, 3.63) is 53.6 Å². The Balaban J connectivity index is 1.93. The second kappa shape index (κ2) is 10.1. The van der Waals surface area contributed by atoms with E-state index in [-0.39, 0.29) is 24.8 Å². The summed E-state index contributed by atoms with van der Waals surface area (Å²) in [5.41, 5.74) is 1.62. The van der Waals surface area contributed by atoms with Crippen LogP contribution in [0.2, 0.25) is 0 Å². The summed E-state index contributed by atoms with van der Waals surface area (Å²) in [5, 5.41) is 5.36. The monoisotopic (exact) mass is 372 g/mol. The molecule has 0 aliphatic carbocycles. The Labute approximate surface area is 158 Å². The average Bonchev–Trinajstić information content (AvgIpc) is 2.70. The van der Waals surface area contributed by atoms with Gasteiger partial charge in [-0.25, -0.2) is 0 Å². The summed E-state index contributed by atoms with van der Waals surface area (Å²) in [7, 11) is 4.69. The van der Waals surface area contributed by atoms with Crippen molar-refractivity contribution in [1.82, 2.24) is 10.6 Å². The summed E-state index contributed by atoms with van der Waals surface area (Å²) in [4.78, 5) is 23.5. The number of amides is 2. The summed E-state index contributed by atoms with van der Waals surface area (Å²) in [6, 6.07) is 12.6. The lowest BCUT2D eigenvalue weighted by atomic mass is 10.1. The lowest BCUT2D eigenvalue weighted by molar-refractivity contribution is -0.122. The van der Waals surface area contributed by atoms with E-state index in [0.717, 1.165) is 11.1 Å². The highest BCUT2D eigenvalue weighted by molar-refractivity contribution is 5.79. The van der Waals surface area contributed by atoms with Crippen LogP contribution in [0.5, 0.6) is 17.2 Å². The molecule has 7 heteroatoms. The van der Waals surface area contributed by atoms with Crippen molar-refractivity contribution in [2.75, 3.05) is 27.9 Å². The standard InChI is InChI=1S/C20H24N2O5/c1-21-20(24)13-27-17-6-4-5-14(9-17)12-22-19(23)11-15-10-16(25-2)7-8-18(15)26-3/h4-10H,11-13H2,1-3H3,(H,21,24)(H,22,23). The van der Waals surface area contributed by atoms with E-state index in [2.05, 4.69) is 10.6 Å². The van der Waals surface area contributed by atoms with Crippen LogP contribution in [0, 0.1) is 0 Å². The molecule has 2 rings (SSSR count). The van der Waals surface area contributed by atoms with Crippen LogP contribution < -0.4 is 24.8 Å². The molecule has 0 heterocycles. The molecule has 2 aromatic rings. The van der Waals surface area contributed by atoms with E-state index in [0.29, 0.717) is 23.8 Å². The smallest absolute Gasteiger partial charge is 0.257 e. The lowest BCUT2D eigenvalue weighted by Crippen LogP contribution is -2.25. The van der Waals surface area contributed by atoms with Gasteiger partial charge < -0.3 is 24.8 Å². The van der Waals surface area contributed by atoms with Crippen molar-refractivity contribution in [2.45, 2.75) is 13.0 Å². The van der Waals surface area contributed by atoms with E-state index in [1.807, 2.05) is 12.1 Å². The molecule has 144 valence electrons. The van der Waals surface area contributed by atoms with Gasteiger partial charge in [-0.3, -0.25) is 9.59 Å². The van der Waals surface area contributed by atoms with Crippen LogP contribution in [0.25, 0.3) is 0 Å². The zero-order valence-electron chi connectivity index (χ0n) is 15.7. The van der Waals surface area contributed by atoms with Gasteiger partial charge in [-0.2, -0.15) is 0 Å². The van der Waals surface area contributed by atoms with E-state index in [1.54, 1.807) is 51.6 Å². The first kappa shape index (κ1) is 20.1. The molecule has 0 unspecified atom stereocenters. The molecular weight excluding hydrogens is 348 g/mol. The molecule has 0 spiro atoms. The summed E-state index contributed by atoms with van der Waals surface area (Å²) in [6.07, 6.45) is 0.174. The second-order valence-electron chi connectivity index (χ2n) is 5.74. The number of hydrogen-bond acceptors (Lipinski definition) is 5. The molecule has 27 heavy (non-hydrogen) atoms. The van der Waals surface area contributed by atoms with E-state index in [9.17, 15) is 9.59 Å². The summed E-state index contributed by atoms with van der Waals surface area (Å²) in [6.45, 7) is 0.296. The molecule has 0 bridgehead atoms. The van der Waals surface area contributed by atoms with Gasteiger partial charge in [0.2, 0.25) is 5.91 Å². The van der Waals surface area contributed by atoms with Gasteiger partial charge in [0.1, 0.15) is 17.2 Å². The van der Waals surface area contributed by atoms with Gasteiger partial charge in [0.25, 0.3) is 5.91 Å². The first-order valence-corrected chi connectivity index (χ1v) is 8.45. The number of rotatable bonds is 9. The highest BCUT2D eigenvalue weighted by atomic mass is 16.5. The van der Waals surface area contributed by atoms with Gasteiger partial charge in [-0.05, 0) is 35.9 Å². The fraction of sp³-hybridized carbons (Fsp3) is 0.300. The van der Waals surface area contributed by atoms with Gasteiger partial charge in [0, 0.05) is 19.2 Å². The van der Waals surface area contributed by atoms with Crippen LogP contribution in [0.4, 0.5) is 0 Å². The topological polar surface area (TPSA) is 85.9 Å². The maximum Gasteiger partial charge on any atom is 0.257 e. The second-order valence-corrected chi connectivity index (χ2v) is 5.74. The molecule has 0 atom stereocenters. The maximum atomic E-state index is 12.3. The van der Waals surface area contributed by atoms with Crippen molar-refractivity contribution < 1.29 is 23.8 Å². The molecule has 2 aromatic carbocycles. The number of methoxy groups -OCH3 is 2. The molecule has 0 aliphatic heterocycles. The third kappa shape index (κ3) is 6.22. The quantitative estimate of drug-likeness (QED) is 0.700. The van der Waals surface area contributed by atoms with Gasteiger partial charge in [-0.1, -0.05) is 12.1 Å². The predicted molar refractivity (Wildman–Crippen MR) is 101 cm³/mol. The highest BCUT2D eigenvalue weighted by Crippen LogP contribution is 2.24. The number of carbonyl (C=O) groups is 2. The number of nitrogens with one attached hydrogen (secondary N) is 2. The van der Waals surface area contributed by atoms with Crippen LogP contribution in [0.15, 0.2) is 42.5 Å². The van der Waals surface area contributed by atoms with Crippen molar-refractivity contribution >= 4 is 11.8 Å². The Bertz CT molecular complexity index is 792. The number of likely N-dealkylation sites (N-methyl/N-ethyl adjacent to an activating group) is 1. The normalized spacial score (nSPS) is 10.0. The molecule has 0 aromatic heterocycles. The van der Waals surface area contributed by atoms with E-state index >= 15 is 0 Å². The Hall–Kier alpha value is -3.22. The number of ether oxygens (including phenoxy) is 3. The first-order chi connectivity index (χ1) is 13.0. The molecule has 0 radical (unpaired) electrons. The lowest BCUT2D eigenvalue weighted by Gasteiger charge is -2.11. The molecule has 0 saturated heterocycles. The van der Waals surface area contributed by atoms with Gasteiger partial charge >= 0.3 is 0 Å². The summed E-state index contributed by atoms with van der Waals surface area (Å²) < 4.78 is 15.9. The molecule has 0 fully saturated rings. The van der Waals surface area contributed by atoms with Crippen LogP contribution in [-0.2, 0) is 22.6 Å². The minimum absolute atomic E-state index is 0.0536. The zero-order valence-corrected chi connectivity index (χ0v) is 15.7. The van der Waals surface area contributed by atoms with Crippen LogP contribution in [0.3, 0.4) is 0 Å². The van der Waals surface area contributed by atoms with Crippen LogP contribution in [-0.4, -0.2) is 39.7 Å². The number of hydrogen-bond donors (Lipinski definition) is 2. The third-order valence-electron chi connectivity index (χ3n) is 3.88. The number of carbonyl (C=O) groups excluding carboxylic acids is 2. The molecule has 2 amide bonds. The van der Waals surface area contributed by atoms with E-state index < -0.39 is 0 Å². The third-order valence-corrected chi connectivity index (χ3v) is 3.88. The molecule has 2 N–H and O–H groups in total. The van der Waals surface area contributed by atoms with Gasteiger partial charge in [0.15, 0.2) is 6.61 Å². The molecule has 0 aliphatic rings.